The van der Waals surface area contributed by atoms with Crippen LogP contribution in [-0.2, 0) is 0 Å². The van der Waals surface area contributed by atoms with Gasteiger partial charge in [0, 0.05) is 0 Å². The summed E-state index contributed by atoms with van der Waals surface area (Å²) in [6.07, 6.45) is 9.35. The van der Waals surface area contributed by atoms with Crippen LogP contribution in [0, 0.1) is 22.7 Å². The first-order chi connectivity index (χ1) is 7.26. The van der Waals surface area contributed by atoms with E-state index >= 15 is 0 Å². The standard InChI is InChI=1S/C13H25NO/c1-3-4-12-9-13(10-12)6-5-11(2)7-8-14-15/h11-13H,3-10H2,1-2H3. The van der Waals surface area contributed by atoms with Crippen molar-refractivity contribution in [2.45, 2.75) is 58.8 Å². The molecule has 0 radical (unpaired) electrons. The molecule has 88 valence electrons. The highest BCUT2D eigenvalue weighted by Crippen LogP contribution is 2.40. The monoisotopic (exact) mass is 211 g/mol. The van der Waals surface area contributed by atoms with Crippen LogP contribution in [0.3, 0.4) is 0 Å². The molecule has 0 bridgehead atoms. The first-order valence-electron chi connectivity index (χ1n) is 6.55. The molecule has 0 heterocycles. The van der Waals surface area contributed by atoms with Crippen molar-refractivity contribution in [2.24, 2.45) is 22.9 Å². The number of hydrogen-bond acceptors (Lipinski definition) is 2. The van der Waals surface area contributed by atoms with Crippen molar-refractivity contribution in [1.82, 2.24) is 0 Å². The second kappa shape index (κ2) is 6.97. The van der Waals surface area contributed by atoms with Gasteiger partial charge in [-0.05, 0) is 37.0 Å². The third-order valence-electron chi connectivity index (χ3n) is 3.81. The van der Waals surface area contributed by atoms with Crippen LogP contribution < -0.4 is 0 Å². The molecule has 1 atom stereocenters. The van der Waals surface area contributed by atoms with Crippen molar-refractivity contribution >= 4 is 0 Å². The lowest BCUT2D eigenvalue weighted by Gasteiger charge is -2.36. The topological polar surface area (TPSA) is 29.4 Å². The van der Waals surface area contributed by atoms with Gasteiger partial charge in [-0.2, -0.15) is 4.91 Å². The van der Waals surface area contributed by atoms with Crippen molar-refractivity contribution in [3.05, 3.63) is 4.91 Å². The maximum absolute atomic E-state index is 9.98. The van der Waals surface area contributed by atoms with Crippen LogP contribution in [-0.4, -0.2) is 6.54 Å². The molecule has 1 aliphatic carbocycles. The van der Waals surface area contributed by atoms with Gasteiger partial charge in [0.2, 0.25) is 0 Å². The molecule has 2 heteroatoms. The molecule has 0 aliphatic heterocycles. The Morgan fingerprint density at radius 3 is 2.47 bits per heavy atom. The van der Waals surface area contributed by atoms with E-state index in [1.165, 1.54) is 38.5 Å². The zero-order valence-electron chi connectivity index (χ0n) is 10.2. The summed E-state index contributed by atoms with van der Waals surface area (Å²) < 4.78 is 0. The van der Waals surface area contributed by atoms with E-state index in [2.05, 4.69) is 19.0 Å². The highest BCUT2D eigenvalue weighted by molar-refractivity contribution is 4.79. The van der Waals surface area contributed by atoms with Crippen molar-refractivity contribution in [3.63, 3.8) is 0 Å². The average Bonchev–Trinajstić information content (AvgIpc) is 2.18. The van der Waals surface area contributed by atoms with Crippen LogP contribution in [0.1, 0.15) is 58.8 Å². The maximum Gasteiger partial charge on any atom is 0.0813 e. The Hall–Kier alpha value is -0.400. The largest absolute Gasteiger partial charge is 0.151 e. The van der Waals surface area contributed by atoms with Gasteiger partial charge in [0.25, 0.3) is 0 Å². The third kappa shape index (κ3) is 4.76. The van der Waals surface area contributed by atoms with Crippen molar-refractivity contribution in [3.8, 4) is 0 Å². The quantitative estimate of drug-likeness (QED) is 0.548. The lowest BCUT2D eigenvalue weighted by atomic mass is 9.70. The molecule has 1 fully saturated rings. The van der Waals surface area contributed by atoms with E-state index in [4.69, 9.17) is 0 Å². The van der Waals surface area contributed by atoms with E-state index < -0.39 is 0 Å². The van der Waals surface area contributed by atoms with Crippen molar-refractivity contribution in [2.75, 3.05) is 6.54 Å². The second-order valence-corrected chi connectivity index (χ2v) is 5.32. The zero-order valence-corrected chi connectivity index (χ0v) is 10.2. The Labute approximate surface area is 93.8 Å². The van der Waals surface area contributed by atoms with Crippen LogP contribution in [0.2, 0.25) is 0 Å². The minimum absolute atomic E-state index is 0.504. The van der Waals surface area contributed by atoms with E-state index in [1.807, 2.05) is 0 Å². The molecule has 2 nitrogen and oxygen atoms in total. The minimum atomic E-state index is 0.504. The van der Waals surface area contributed by atoms with Gasteiger partial charge in [-0.3, -0.25) is 0 Å². The fourth-order valence-electron chi connectivity index (χ4n) is 2.69. The van der Waals surface area contributed by atoms with Gasteiger partial charge in [-0.15, -0.1) is 0 Å². The van der Waals surface area contributed by atoms with Crippen molar-refractivity contribution in [1.29, 1.82) is 0 Å². The summed E-state index contributed by atoms with van der Waals surface area (Å²) in [6.45, 7) is 5.03. The fraction of sp³-hybridized carbons (Fsp3) is 1.00. The van der Waals surface area contributed by atoms with E-state index in [0.717, 1.165) is 18.3 Å². The summed E-state index contributed by atoms with van der Waals surface area (Å²) in [4.78, 5) is 9.98. The Balaban J connectivity index is 1.95. The lowest BCUT2D eigenvalue weighted by Crippen LogP contribution is -2.23. The molecular formula is C13H25NO. The first-order valence-corrected chi connectivity index (χ1v) is 6.55. The number of nitroso groups, excluding NO2 is 1. The molecule has 1 rings (SSSR count). The summed E-state index contributed by atoms with van der Waals surface area (Å²) in [5.41, 5.74) is 0. The van der Waals surface area contributed by atoms with E-state index in [1.54, 1.807) is 0 Å². The van der Waals surface area contributed by atoms with Crippen LogP contribution in [0.15, 0.2) is 5.18 Å². The molecule has 1 aliphatic rings. The predicted molar refractivity (Wildman–Crippen MR) is 64.8 cm³/mol. The maximum atomic E-state index is 9.98. The molecule has 0 aromatic carbocycles. The minimum Gasteiger partial charge on any atom is -0.151 e. The molecule has 0 N–H and O–H groups in total. The highest BCUT2D eigenvalue weighted by atomic mass is 16.3. The molecule has 15 heavy (non-hydrogen) atoms. The SMILES string of the molecule is CCCC1CC(CCC(C)CCN=O)C1. The molecule has 0 amide bonds. The van der Waals surface area contributed by atoms with Gasteiger partial charge in [0.15, 0.2) is 0 Å². The first kappa shape index (κ1) is 12.7. The molecule has 0 spiro atoms. The van der Waals surface area contributed by atoms with Gasteiger partial charge in [0.05, 0.1) is 6.54 Å². The van der Waals surface area contributed by atoms with E-state index in [9.17, 15) is 4.91 Å². The van der Waals surface area contributed by atoms with Gasteiger partial charge >= 0.3 is 0 Å². The summed E-state index contributed by atoms with van der Waals surface area (Å²) in [6, 6.07) is 0. The highest BCUT2D eigenvalue weighted by Gasteiger charge is 2.27. The van der Waals surface area contributed by atoms with Crippen LogP contribution in [0.5, 0.6) is 0 Å². The Morgan fingerprint density at radius 1 is 1.20 bits per heavy atom. The average molecular weight is 211 g/mol. The summed E-state index contributed by atoms with van der Waals surface area (Å²) in [7, 11) is 0. The molecule has 0 aromatic rings. The van der Waals surface area contributed by atoms with Gasteiger partial charge in [-0.25, -0.2) is 0 Å². The fourth-order valence-corrected chi connectivity index (χ4v) is 2.69. The van der Waals surface area contributed by atoms with E-state index in [0.29, 0.717) is 12.5 Å². The summed E-state index contributed by atoms with van der Waals surface area (Å²) in [5.74, 6) is 2.72. The van der Waals surface area contributed by atoms with Crippen LogP contribution in [0.4, 0.5) is 0 Å². The van der Waals surface area contributed by atoms with Crippen molar-refractivity contribution < 1.29 is 0 Å². The van der Waals surface area contributed by atoms with E-state index in [-0.39, 0.29) is 0 Å². The normalized spacial score (nSPS) is 27.1. The summed E-state index contributed by atoms with van der Waals surface area (Å²) in [5, 5.41) is 2.92. The molecule has 0 saturated heterocycles. The Bertz CT molecular complexity index is 175. The number of rotatable bonds is 8. The predicted octanol–water partition coefficient (Wildman–Crippen LogP) is 4.39. The van der Waals surface area contributed by atoms with Gasteiger partial charge in [-0.1, -0.05) is 44.7 Å². The van der Waals surface area contributed by atoms with Gasteiger partial charge in [0.1, 0.15) is 0 Å². The number of hydrogen-bond donors (Lipinski definition) is 0. The Kier molecular flexibility index (Phi) is 5.89. The smallest absolute Gasteiger partial charge is 0.0813 e. The zero-order chi connectivity index (χ0) is 11.1. The Morgan fingerprint density at radius 2 is 1.87 bits per heavy atom. The van der Waals surface area contributed by atoms with Gasteiger partial charge < -0.3 is 0 Å². The number of nitrogens with zero attached hydrogens (tertiary/aromatic N) is 1. The molecule has 0 aromatic heterocycles. The lowest BCUT2D eigenvalue weighted by molar-refractivity contribution is 0.161. The summed E-state index contributed by atoms with van der Waals surface area (Å²) >= 11 is 0. The second-order valence-electron chi connectivity index (χ2n) is 5.32. The van der Waals surface area contributed by atoms with Crippen LogP contribution >= 0.6 is 0 Å². The molecule has 1 saturated carbocycles. The van der Waals surface area contributed by atoms with Crippen LogP contribution in [0.25, 0.3) is 0 Å². The third-order valence-corrected chi connectivity index (χ3v) is 3.81. The molecular weight excluding hydrogens is 186 g/mol. The molecule has 1 unspecified atom stereocenters.